The van der Waals surface area contributed by atoms with Crippen molar-refractivity contribution in [1.82, 2.24) is 19.9 Å². The van der Waals surface area contributed by atoms with E-state index < -0.39 is 0 Å². The van der Waals surface area contributed by atoms with Crippen molar-refractivity contribution in [3.63, 3.8) is 0 Å². The number of amides is 1. The largest absolute Gasteiger partial charge is 0.340 e. The van der Waals surface area contributed by atoms with E-state index in [1.54, 1.807) is 36.2 Å². The van der Waals surface area contributed by atoms with Crippen LogP contribution in [-0.4, -0.2) is 32.8 Å². The van der Waals surface area contributed by atoms with Gasteiger partial charge in [-0.1, -0.05) is 47.2 Å². The van der Waals surface area contributed by atoms with Crippen molar-refractivity contribution in [2.45, 2.75) is 20.0 Å². The molecule has 1 heterocycles. The zero-order valence-electron chi connectivity index (χ0n) is 13.6. The number of aromatic nitrogens is 3. The summed E-state index contributed by atoms with van der Waals surface area (Å²) in [5.41, 5.74) is 2.43. The molecule has 1 amide bonds. The molecule has 0 atom stereocenters. The highest BCUT2D eigenvalue weighted by molar-refractivity contribution is 5.78. The molecule has 0 spiro atoms. The third-order valence-electron chi connectivity index (χ3n) is 3.88. The van der Waals surface area contributed by atoms with Crippen LogP contribution < -0.4 is 5.56 Å². The fourth-order valence-electron chi connectivity index (χ4n) is 2.43. The highest BCUT2D eigenvalue weighted by Crippen LogP contribution is 2.07. The Balaban J connectivity index is 1.75. The van der Waals surface area contributed by atoms with E-state index in [4.69, 9.17) is 0 Å². The molecule has 0 fully saturated rings. The van der Waals surface area contributed by atoms with E-state index in [9.17, 15) is 9.59 Å². The predicted molar refractivity (Wildman–Crippen MR) is 91.5 cm³/mol. The van der Waals surface area contributed by atoms with E-state index in [2.05, 4.69) is 10.3 Å². The second-order valence-electron chi connectivity index (χ2n) is 5.80. The fourth-order valence-corrected chi connectivity index (χ4v) is 2.43. The Labute approximate surface area is 139 Å². The summed E-state index contributed by atoms with van der Waals surface area (Å²) in [5, 5.41) is 8.30. The van der Waals surface area contributed by atoms with Crippen LogP contribution in [0, 0.1) is 6.92 Å². The number of nitrogens with zero attached hydrogens (tertiary/aromatic N) is 4. The maximum atomic E-state index is 12.4. The molecule has 3 rings (SSSR count). The molecule has 122 valence electrons. The van der Waals surface area contributed by atoms with Crippen LogP contribution in [0.5, 0.6) is 0 Å². The number of hydrogen-bond donors (Lipinski definition) is 0. The number of carbonyl (C=O) groups excluding carboxylic acids is 1. The van der Waals surface area contributed by atoms with Crippen LogP contribution >= 0.6 is 0 Å². The van der Waals surface area contributed by atoms with Gasteiger partial charge in [-0.25, -0.2) is 4.68 Å². The third-order valence-corrected chi connectivity index (χ3v) is 3.88. The SMILES string of the molecule is Cc1ccc(CN(C)C(=O)Cn2nnc3ccccc3c2=O)cc1. The Bertz CT molecular complexity index is 932. The average Bonchev–Trinajstić information content (AvgIpc) is 2.59. The van der Waals surface area contributed by atoms with Crippen molar-refractivity contribution >= 4 is 16.8 Å². The molecule has 0 aliphatic carbocycles. The first-order valence-corrected chi connectivity index (χ1v) is 7.66. The summed E-state index contributed by atoms with van der Waals surface area (Å²) >= 11 is 0. The van der Waals surface area contributed by atoms with Gasteiger partial charge in [-0.2, -0.15) is 0 Å². The zero-order chi connectivity index (χ0) is 17.1. The minimum Gasteiger partial charge on any atom is -0.340 e. The molecule has 2 aromatic carbocycles. The van der Waals surface area contributed by atoms with E-state index in [0.717, 1.165) is 10.2 Å². The number of hydrogen-bond acceptors (Lipinski definition) is 4. The minimum atomic E-state index is -0.308. The summed E-state index contributed by atoms with van der Waals surface area (Å²) in [7, 11) is 1.71. The van der Waals surface area contributed by atoms with Crippen LogP contribution in [0.15, 0.2) is 53.3 Å². The van der Waals surface area contributed by atoms with E-state index in [0.29, 0.717) is 17.4 Å². The van der Waals surface area contributed by atoms with E-state index in [1.165, 1.54) is 5.56 Å². The zero-order valence-corrected chi connectivity index (χ0v) is 13.6. The van der Waals surface area contributed by atoms with Gasteiger partial charge in [0.2, 0.25) is 5.91 Å². The number of aryl methyl sites for hydroxylation is 1. The molecule has 24 heavy (non-hydrogen) atoms. The molecule has 6 nitrogen and oxygen atoms in total. The molecule has 0 N–H and O–H groups in total. The molecular formula is C18H18N4O2. The molecular weight excluding hydrogens is 304 g/mol. The number of fused-ring (bicyclic) bond motifs is 1. The summed E-state index contributed by atoms with van der Waals surface area (Å²) in [4.78, 5) is 26.3. The Morgan fingerprint density at radius 1 is 1.12 bits per heavy atom. The molecule has 6 heteroatoms. The predicted octanol–water partition coefficient (Wildman–Crippen LogP) is 1.76. The first-order valence-electron chi connectivity index (χ1n) is 7.66. The molecule has 0 saturated heterocycles. The molecule has 0 aliphatic rings. The number of benzene rings is 2. The second kappa shape index (κ2) is 6.62. The van der Waals surface area contributed by atoms with Crippen LogP contribution in [0.1, 0.15) is 11.1 Å². The first kappa shape index (κ1) is 15.9. The van der Waals surface area contributed by atoms with Crippen molar-refractivity contribution in [3.8, 4) is 0 Å². The Morgan fingerprint density at radius 3 is 2.58 bits per heavy atom. The van der Waals surface area contributed by atoms with Crippen molar-refractivity contribution in [3.05, 3.63) is 70.0 Å². The molecule has 0 aliphatic heterocycles. The lowest BCUT2D eigenvalue weighted by Gasteiger charge is -2.17. The standard InChI is InChI=1S/C18H18N4O2/c1-13-7-9-14(10-8-13)11-21(2)17(23)12-22-18(24)15-5-3-4-6-16(15)19-20-22/h3-10H,11-12H2,1-2H3. The van der Waals surface area contributed by atoms with E-state index >= 15 is 0 Å². The quantitative estimate of drug-likeness (QED) is 0.734. The highest BCUT2D eigenvalue weighted by atomic mass is 16.2. The van der Waals surface area contributed by atoms with Crippen molar-refractivity contribution in [2.24, 2.45) is 0 Å². The van der Waals surface area contributed by atoms with Crippen LogP contribution in [-0.2, 0) is 17.9 Å². The maximum Gasteiger partial charge on any atom is 0.278 e. The molecule has 1 aromatic heterocycles. The summed E-state index contributed by atoms with van der Waals surface area (Å²) in [6.45, 7) is 2.37. The summed E-state index contributed by atoms with van der Waals surface area (Å²) in [6, 6.07) is 15.0. The lowest BCUT2D eigenvalue weighted by Crippen LogP contribution is -2.35. The average molecular weight is 322 g/mol. The first-order chi connectivity index (χ1) is 11.5. The minimum absolute atomic E-state index is 0.126. The Morgan fingerprint density at radius 2 is 1.83 bits per heavy atom. The van der Waals surface area contributed by atoms with Gasteiger partial charge in [0, 0.05) is 13.6 Å². The second-order valence-corrected chi connectivity index (χ2v) is 5.80. The molecule has 3 aromatic rings. The Kier molecular flexibility index (Phi) is 4.37. The lowest BCUT2D eigenvalue weighted by molar-refractivity contribution is -0.131. The third kappa shape index (κ3) is 3.32. The lowest BCUT2D eigenvalue weighted by atomic mass is 10.1. The van der Waals surface area contributed by atoms with Gasteiger partial charge >= 0.3 is 0 Å². The van der Waals surface area contributed by atoms with E-state index in [1.807, 2.05) is 31.2 Å². The van der Waals surface area contributed by atoms with E-state index in [-0.39, 0.29) is 18.0 Å². The van der Waals surface area contributed by atoms with Crippen LogP contribution in [0.25, 0.3) is 10.9 Å². The van der Waals surface area contributed by atoms with Gasteiger partial charge in [-0.05, 0) is 24.6 Å². The summed E-state index contributed by atoms with van der Waals surface area (Å²) in [6.07, 6.45) is 0. The topological polar surface area (TPSA) is 68.1 Å². The normalized spacial score (nSPS) is 10.8. The molecule has 0 saturated carbocycles. The molecule has 0 unspecified atom stereocenters. The van der Waals surface area contributed by atoms with Gasteiger partial charge in [0.15, 0.2) is 0 Å². The molecule has 0 radical (unpaired) electrons. The van der Waals surface area contributed by atoms with Gasteiger partial charge in [0.05, 0.1) is 5.39 Å². The van der Waals surface area contributed by atoms with Crippen LogP contribution in [0.2, 0.25) is 0 Å². The van der Waals surface area contributed by atoms with Gasteiger partial charge in [-0.3, -0.25) is 9.59 Å². The van der Waals surface area contributed by atoms with Crippen molar-refractivity contribution in [1.29, 1.82) is 0 Å². The van der Waals surface area contributed by atoms with Gasteiger partial charge in [0.1, 0.15) is 12.1 Å². The van der Waals surface area contributed by atoms with Crippen LogP contribution in [0.4, 0.5) is 0 Å². The van der Waals surface area contributed by atoms with Crippen LogP contribution in [0.3, 0.4) is 0 Å². The smallest absolute Gasteiger partial charge is 0.278 e. The Hall–Kier alpha value is -3.02. The van der Waals surface area contributed by atoms with Gasteiger partial charge in [0.25, 0.3) is 5.56 Å². The summed E-state index contributed by atoms with van der Waals surface area (Å²) in [5.74, 6) is -0.192. The summed E-state index contributed by atoms with van der Waals surface area (Å²) < 4.78 is 1.11. The monoisotopic (exact) mass is 322 g/mol. The van der Waals surface area contributed by atoms with Crippen molar-refractivity contribution < 1.29 is 4.79 Å². The van der Waals surface area contributed by atoms with Crippen molar-refractivity contribution in [2.75, 3.05) is 7.05 Å². The van der Waals surface area contributed by atoms with Gasteiger partial charge in [-0.15, -0.1) is 5.10 Å². The number of carbonyl (C=O) groups is 1. The number of likely N-dealkylation sites (N-methyl/N-ethyl adjacent to an activating group) is 1. The highest BCUT2D eigenvalue weighted by Gasteiger charge is 2.13. The fraction of sp³-hybridized carbons (Fsp3) is 0.222. The number of rotatable bonds is 4. The molecule has 0 bridgehead atoms. The van der Waals surface area contributed by atoms with Gasteiger partial charge < -0.3 is 4.90 Å². The maximum absolute atomic E-state index is 12.4.